The van der Waals surface area contributed by atoms with Crippen LogP contribution in [0.1, 0.15) is 23.7 Å². The predicted octanol–water partition coefficient (Wildman–Crippen LogP) is 3.66. The minimum absolute atomic E-state index is 0.0145. The summed E-state index contributed by atoms with van der Waals surface area (Å²) in [4.78, 5) is 14.7. The van der Waals surface area contributed by atoms with Crippen LogP contribution in [0, 0.1) is 5.82 Å². The van der Waals surface area contributed by atoms with E-state index in [1.54, 1.807) is 12.3 Å². The number of carbonyl (C=O) groups excluding carboxylic acids is 1. The third kappa shape index (κ3) is 1.89. The van der Waals surface area contributed by atoms with Gasteiger partial charge in [-0.15, -0.1) is 0 Å². The second kappa shape index (κ2) is 4.37. The van der Waals surface area contributed by atoms with Gasteiger partial charge in [-0.3, -0.25) is 4.79 Å². The Bertz CT molecular complexity index is 535. The van der Waals surface area contributed by atoms with Crippen LogP contribution in [0.25, 0.3) is 10.9 Å². The van der Waals surface area contributed by atoms with Crippen LogP contribution in [-0.4, -0.2) is 15.6 Å². The Hall–Kier alpha value is -1.16. The van der Waals surface area contributed by atoms with Crippen molar-refractivity contribution in [2.75, 3.05) is 0 Å². The van der Waals surface area contributed by atoms with Crippen LogP contribution in [0.4, 0.5) is 4.39 Å². The fourth-order valence-corrected chi connectivity index (χ4v) is 1.90. The average Bonchev–Trinajstić information content (AvgIpc) is 2.69. The summed E-state index contributed by atoms with van der Waals surface area (Å²) >= 11 is 3.31. The van der Waals surface area contributed by atoms with Crippen molar-refractivity contribution in [3.63, 3.8) is 0 Å². The molecule has 0 bridgehead atoms. The molecule has 1 N–H and O–H groups in total. The number of nitrogens with one attached hydrogen (secondary N) is 1. The highest BCUT2D eigenvalue weighted by atomic mass is 79.9. The summed E-state index contributed by atoms with van der Waals surface area (Å²) < 4.78 is 13.1. The van der Waals surface area contributed by atoms with Crippen LogP contribution < -0.4 is 0 Å². The first-order valence-corrected chi connectivity index (χ1v) is 6.00. The van der Waals surface area contributed by atoms with Crippen molar-refractivity contribution in [3.8, 4) is 0 Å². The second-order valence-electron chi connectivity index (χ2n) is 3.63. The lowest BCUT2D eigenvalue weighted by Crippen LogP contribution is -2.12. The molecule has 1 aromatic carbocycles. The van der Waals surface area contributed by atoms with Crippen molar-refractivity contribution in [3.05, 3.63) is 35.8 Å². The van der Waals surface area contributed by atoms with Gasteiger partial charge in [0.15, 0.2) is 5.78 Å². The van der Waals surface area contributed by atoms with E-state index in [-0.39, 0.29) is 16.4 Å². The van der Waals surface area contributed by atoms with Crippen LogP contribution in [-0.2, 0) is 0 Å². The molecule has 0 aliphatic heterocycles. The molecule has 1 aromatic heterocycles. The highest BCUT2D eigenvalue weighted by Crippen LogP contribution is 2.23. The minimum Gasteiger partial charge on any atom is -0.360 e. The molecule has 2 rings (SSSR count). The lowest BCUT2D eigenvalue weighted by atomic mass is 10.1. The third-order valence-corrected chi connectivity index (χ3v) is 3.62. The van der Waals surface area contributed by atoms with E-state index in [4.69, 9.17) is 0 Å². The SMILES string of the molecule is CCC(Br)C(=O)c1c[nH]c2ccc(F)cc12. The molecule has 1 unspecified atom stereocenters. The van der Waals surface area contributed by atoms with E-state index in [0.717, 1.165) is 5.52 Å². The van der Waals surface area contributed by atoms with Crippen molar-refractivity contribution >= 4 is 32.6 Å². The van der Waals surface area contributed by atoms with Gasteiger partial charge in [-0.25, -0.2) is 4.39 Å². The van der Waals surface area contributed by atoms with Gasteiger partial charge in [0.2, 0.25) is 0 Å². The molecule has 0 amide bonds. The first kappa shape index (κ1) is 11.3. The molecule has 2 nitrogen and oxygen atoms in total. The summed E-state index contributed by atoms with van der Waals surface area (Å²) in [5.74, 6) is -0.344. The van der Waals surface area contributed by atoms with Crippen molar-refractivity contribution < 1.29 is 9.18 Å². The number of carbonyl (C=O) groups is 1. The van der Waals surface area contributed by atoms with E-state index in [1.165, 1.54) is 12.1 Å². The highest BCUT2D eigenvalue weighted by molar-refractivity contribution is 9.10. The monoisotopic (exact) mass is 283 g/mol. The molecule has 0 spiro atoms. The number of ketones is 1. The first-order valence-electron chi connectivity index (χ1n) is 5.08. The van der Waals surface area contributed by atoms with Crippen molar-refractivity contribution in [2.24, 2.45) is 0 Å². The molecule has 2 aromatic rings. The molecule has 0 fully saturated rings. The average molecular weight is 284 g/mol. The number of aromatic nitrogens is 1. The number of fused-ring (bicyclic) bond motifs is 1. The number of rotatable bonds is 3. The van der Waals surface area contributed by atoms with Crippen LogP contribution in [0.5, 0.6) is 0 Å². The lowest BCUT2D eigenvalue weighted by molar-refractivity contribution is 0.0992. The van der Waals surface area contributed by atoms with Gasteiger partial charge in [0.05, 0.1) is 4.83 Å². The zero-order chi connectivity index (χ0) is 11.7. The lowest BCUT2D eigenvalue weighted by Gasteiger charge is -2.04. The quantitative estimate of drug-likeness (QED) is 0.677. The van der Waals surface area contributed by atoms with Gasteiger partial charge in [0.25, 0.3) is 0 Å². The van der Waals surface area contributed by atoms with E-state index in [9.17, 15) is 9.18 Å². The Kier molecular flexibility index (Phi) is 3.10. The number of hydrogen-bond donors (Lipinski definition) is 1. The summed E-state index contributed by atoms with van der Waals surface area (Å²) in [5.41, 5.74) is 1.32. The van der Waals surface area contributed by atoms with Crippen LogP contribution in [0.3, 0.4) is 0 Å². The van der Waals surface area contributed by atoms with Gasteiger partial charge >= 0.3 is 0 Å². The molecule has 0 saturated heterocycles. The molecule has 0 aliphatic carbocycles. The Morgan fingerprint density at radius 2 is 2.31 bits per heavy atom. The van der Waals surface area contributed by atoms with Crippen LogP contribution >= 0.6 is 15.9 Å². The predicted molar refractivity (Wildman–Crippen MR) is 65.6 cm³/mol. The van der Waals surface area contributed by atoms with Crippen molar-refractivity contribution in [1.29, 1.82) is 0 Å². The molecule has 1 heterocycles. The number of H-pyrrole nitrogens is 1. The number of hydrogen-bond acceptors (Lipinski definition) is 1. The number of benzene rings is 1. The maximum atomic E-state index is 13.1. The van der Waals surface area contributed by atoms with Crippen molar-refractivity contribution in [1.82, 2.24) is 4.98 Å². The number of aromatic amines is 1. The second-order valence-corrected chi connectivity index (χ2v) is 4.74. The summed E-state index contributed by atoms with van der Waals surface area (Å²) in [5, 5.41) is 0.642. The standard InChI is InChI=1S/C12H11BrFNO/c1-2-10(13)12(16)9-6-15-11-4-3-7(14)5-8(9)11/h3-6,10,15H,2H2,1H3. The summed E-state index contributed by atoms with van der Waals surface area (Å²) in [7, 11) is 0. The minimum atomic E-state index is -0.330. The molecule has 0 saturated carbocycles. The molecule has 0 radical (unpaired) electrons. The fourth-order valence-electron chi connectivity index (χ4n) is 1.65. The largest absolute Gasteiger partial charge is 0.360 e. The fraction of sp³-hybridized carbons (Fsp3) is 0.250. The van der Waals surface area contributed by atoms with Crippen LogP contribution in [0.2, 0.25) is 0 Å². The molecular formula is C12H11BrFNO. The highest BCUT2D eigenvalue weighted by Gasteiger charge is 2.18. The molecule has 84 valence electrons. The van der Waals surface area contributed by atoms with Gasteiger partial charge < -0.3 is 4.98 Å². The topological polar surface area (TPSA) is 32.9 Å². The van der Waals surface area contributed by atoms with Gasteiger partial charge in [0, 0.05) is 22.7 Å². The Labute approximate surface area is 101 Å². The Morgan fingerprint density at radius 3 is 3.00 bits per heavy atom. The maximum Gasteiger partial charge on any atom is 0.178 e. The van der Waals surface area contributed by atoms with E-state index in [2.05, 4.69) is 20.9 Å². The third-order valence-electron chi connectivity index (χ3n) is 2.55. The smallest absolute Gasteiger partial charge is 0.178 e. The maximum absolute atomic E-state index is 13.1. The normalized spacial score (nSPS) is 12.9. The number of alkyl halides is 1. The van der Waals surface area contributed by atoms with Crippen LogP contribution in [0.15, 0.2) is 24.4 Å². The molecule has 1 atom stereocenters. The Balaban J connectivity index is 2.53. The molecule has 0 aliphatic rings. The van der Waals surface area contributed by atoms with E-state index < -0.39 is 0 Å². The van der Waals surface area contributed by atoms with Gasteiger partial charge in [-0.05, 0) is 24.6 Å². The number of Topliss-reactive ketones (excluding diaryl/α,β-unsaturated/α-hetero) is 1. The summed E-state index contributed by atoms with van der Waals surface area (Å²) in [6.07, 6.45) is 2.34. The molecule has 16 heavy (non-hydrogen) atoms. The van der Waals surface area contributed by atoms with Gasteiger partial charge in [-0.2, -0.15) is 0 Å². The van der Waals surface area contributed by atoms with Crippen molar-refractivity contribution in [2.45, 2.75) is 18.2 Å². The zero-order valence-corrected chi connectivity index (χ0v) is 10.3. The Morgan fingerprint density at radius 1 is 1.56 bits per heavy atom. The summed E-state index contributed by atoms with van der Waals surface area (Å²) in [6.45, 7) is 1.92. The first-order chi connectivity index (χ1) is 7.63. The van der Waals surface area contributed by atoms with Gasteiger partial charge in [-0.1, -0.05) is 22.9 Å². The molecular weight excluding hydrogens is 273 g/mol. The van der Waals surface area contributed by atoms with Gasteiger partial charge in [0.1, 0.15) is 5.82 Å². The number of halogens is 2. The van der Waals surface area contributed by atoms with E-state index >= 15 is 0 Å². The molecule has 4 heteroatoms. The van der Waals surface area contributed by atoms with E-state index in [0.29, 0.717) is 17.4 Å². The summed E-state index contributed by atoms with van der Waals surface area (Å²) in [6, 6.07) is 4.39. The van der Waals surface area contributed by atoms with E-state index in [1.807, 2.05) is 6.92 Å². The zero-order valence-electron chi connectivity index (χ0n) is 8.76.